The fourth-order valence-corrected chi connectivity index (χ4v) is 2.33. The molecule has 0 saturated carbocycles. The first-order chi connectivity index (χ1) is 11.8. The fraction of sp³-hybridized carbons (Fsp3) is 0.125. The largest absolute Gasteiger partial charge is 0.471 e. The van der Waals surface area contributed by atoms with Crippen LogP contribution in [0.2, 0.25) is 0 Å². The number of nitrogens with one attached hydrogen (secondary N) is 2. The minimum Gasteiger partial charge on any atom is -0.318 e. The van der Waals surface area contributed by atoms with Crippen molar-refractivity contribution in [3.05, 3.63) is 64.3 Å². The van der Waals surface area contributed by atoms with Crippen molar-refractivity contribution < 1.29 is 18.0 Å². The summed E-state index contributed by atoms with van der Waals surface area (Å²) in [6.07, 6.45) is -1.36. The highest BCUT2D eigenvalue weighted by atomic mass is 35.5. The van der Waals surface area contributed by atoms with Crippen molar-refractivity contribution in [3.63, 3.8) is 0 Å². The molecular formula is C16H12ClF3N4O2. The molecule has 0 fully saturated rings. The number of H-pyrrole nitrogens is 1. The van der Waals surface area contributed by atoms with Gasteiger partial charge in [-0.2, -0.15) is 18.3 Å². The maximum Gasteiger partial charge on any atom is 0.471 e. The lowest BCUT2D eigenvalue weighted by atomic mass is 10.0. The van der Waals surface area contributed by atoms with Gasteiger partial charge in [-0.3, -0.25) is 14.6 Å². The van der Waals surface area contributed by atoms with E-state index in [2.05, 4.69) is 15.2 Å². The normalized spacial score (nSPS) is 11.0. The lowest BCUT2D eigenvalue weighted by Gasteiger charge is -2.10. The van der Waals surface area contributed by atoms with Crippen LogP contribution in [0.4, 0.5) is 18.9 Å². The Morgan fingerprint density at radius 1 is 1.12 bits per heavy atom. The third-order valence-corrected chi connectivity index (χ3v) is 3.50. The average Bonchev–Trinajstić information content (AvgIpc) is 2.58. The molecule has 2 heterocycles. The minimum absolute atomic E-state index is 0. The molecule has 6 nitrogen and oxygen atoms in total. The Kier molecular flexibility index (Phi) is 5.61. The van der Waals surface area contributed by atoms with Crippen molar-refractivity contribution in [1.82, 2.24) is 15.2 Å². The maximum absolute atomic E-state index is 12.3. The van der Waals surface area contributed by atoms with E-state index in [1.807, 2.05) is 0 Å². The lowest BCUT2D eigenvalue weighted by Crippen LogP contribution is -2.30. The molecule has 0 radical (unpaired) electrons. The Bertz CT molecular complexity index is 990. The smallest absolute Gasteiger partial charge is 0.318 e. The zero-order valence-electron chi connectivity index (χ0n) is 13.0. The molecule has 0 saturated heterocycles. The number of carbonyl (C=O) groups is 1. The summed E-state index contributed by atoms with van der Waals surface area (Å²) >= 11 is 0. The van der Waals surface area contributed by atoms with Crippen LogP contribution in [0, 0.1) is 0 Å². The molecule has 0 unspecified atom stereocenters. The van der Waals surface area contributed by atoms with E-state index in [-0.39, 0.29) is 23.5 Å². The standard InChI is InChI=1S/C16H11F3N4O2.ClH/c17-16(18,19)15(25)21-10-1-2-11-12(8-10)14(24)23-22-13(11)7-9-3-5-20-6-4-9;/h1-6,8H,7H2,(H,21,25)(H,23,24);1H. The van der Waals surface area contributed by atoms with E-state index < -0.39 is 17.6 Å². The van der Waals surface area contributed by atoms with E-state index in [4.69, 9.17) is 0 Å². The molecule has 136 valence electrons. The third kappa shape index (κ3) is 4.17. The van der Waals surface area contributed by atoms with Crippen LogP contribution in [0.25, 0.3) is 10.8 Å². The molecule has 1 aromatic carbocycles. The monoisotopic (exact) mass is 384 g/mol. The molecule has 2 aromatic heterocycles. The Labute approximate surface area is 150 Å². The Morgan fingerprint density at radius 3 is 2.46 bits per heavy atom. The summed E-state index contributed by atoms with van der Waals surface area (Å²) < 4.78 is 37.0. The van der Waals surface area contributed by atoms with Crippen LogP contribution < -0.4 is 10.9 Å². The van der Waals surface area contributed by atoms with Gasteiger partial charge in [0.25, 0.3) is 5.56 Å². The van der Waals surface area contributed by atoms with Crippen LogP contribution in [-0.4, -0.2) is 27.3 Å². The van der Waals surface area contributed by atoms with Crippen molar-refractivity contribution in [3.8, 4) is 0 Å². The van der Waals surface area contributed by atoms with E-state index in [1.165, 1.54) is 18.2 Å². The molecule has 0 aliphatic rings. The quantitative estimate of drug-likeness (QED) is 0.727. The summed E-state index contributed by atoms with van der Waals surface area (Å²) in [6, 6.07) is 7.52. The van der Waals surface area contributed by atoms with Gasteiger partial charge in [0.05, 0.1) is 11.1 Å². The Balaban J connectivity index is 0.00000243. The highest BCUT2D eigenvalue weighted by Gasteiger charge is 2.38. The summed E-state index contributed by atoms with van der Waals surface area (Å²) in [5, 5.41) is 8.68. The number of halogens is 4. The number of aromatic nitrogens is 3. The van der Waals surface area contributed by atoms with Gasteiger partial charge < -0.3 is 5.32 Å². The van der Waals surface area contributed by atoms with Crippen LogP contribution >= 0.6 is 12.4 Å². The van der Waals surface area contributed by atoms with Crippen LogP contribution in [0.5, 0.6) is 0 Å². The second kappa shape index (κ2) is 7.52. The molecule has 0 spiro atoms. The molecule has 0 bridgehead atoms. The van der Waals surface area contributed by atoms with Crippen LogP contribution in [0.3, 0.4) is 0 Å². The summed E-state index contributed by atoms with van der Waals surface area (Å²) in [4.78, 5) is 26.9. The Morgan fingerprint density at radius 2 is 1.81 bits per heavy atom. The molecular weight excluding hydrogens is 373 g/mol. The predicted molar refractivity (Wildman–Crippen MR) is 91.3 cm³/mol. The number of alkyl halides is 3. The van der Waals surface area contributed by atoms with Gasteiger partial charge in [-0.05, 0) is 29.8 Å². The summed E-state index contributed by atoms with van der Waals surface area (Å²) in [6.45, 7) is 0. The maximum atomic E-state index is 12.3. The molecule has 0 atom stereocenters. The highest BCUT2D eigenvalue weighted by molar-refractivity contribution is 5.97. The van der Waals surface area contributed by atoms with Crippen molar-refractivity contribution in [2.24, 2.45) is 0 Å². The van der Waals surface area contributed by atoms with E-state index in [0.717, 1.165) is 5.56 Å². The van der Waals surface area contributed by atoms with Crippen molar-refractivity contribution in [1.29, 1.82) is 0 Å². The SMILES string of the molecule is Cl.O=C(Nc1ccc2c(Cc3ccncc3)n[nH]c(=O)c2c1)C(F)(F)F. The van der Waals surface area contributed by atoms with Crippen molar-refractivity contribution in [2.75, 3.05) is 5.32 Å². The number of carbonyl (C=O) groups excluding carboxylic acids is 1. The molecule has 1 amide bonds. The highest BCUT2D eigenvalue weighted by Crippen LogP contribution is 2.22. The number of hydrogen-bond acceptors (Lipinski definition) is 4. The first kappa shape index (κ1) is 19.4. The van der Waals surface area contributed by atoms with Gasteiger partial charge in [0, 0.05) is 29.9 Å². The first-order valence-electron chi connectivity index (χ1n) is 7.13. The van der Waals surface area contributed by atoms with Crippen LogP contribution in [-0.2, 0) is 11.2 Å². The zero-order chi connectivity index (χ0) is 18.0. The summed E-state index contributed by atoms with van der Waals surface area (Å²) in [7, 11) is 0. The topological polar surface area (TPSA) is 87.7 Å². The molecule has 2 N–H and O–H groups in total. The van der Waals surface area contributed by atoms with Crippen LogP contribution in [0.1, 0.15) is 11.3 Å². The molecule has 10 heteroatoms. The second-order valence-electron chi connectivity index (χ2n) is 5.24. The number of hydrogen-bond donors (Lipinski definition) is 2. The number of benzene rings is 1. The number of fused-ring (bicyclic) bond motifs is 1. The van der Waals surface area contributed by atoms with Gasteiger partial charge >= 0.3 is 12.1 Å². The minimum atomic E-state index is -5.01. The van der Waals surface area contributed by atoms with Gasteiger partial charge in [0.15, 0.2) is 0 Å². The number of amides is 1. The first-order valence-corrected chi connectivity index (χ1v) is 7.13. The molecule has 0 aliphatic heterocycles. The van der Waals surface area contributed by atoms with Gasteiger partial charge in [0.1, 0.15) is 0 Å². The number of rotatable bonds is 3. The predicted octanol–water partition coefficient (Wildman–Crippen LogP) is 2.83. The average molecular weight is 385 g/mol. The number of nitrogens with zero attached hydrogens (tertiary/aromatic N) is 2. The zero-order valence-corrected chi connectivity index (χ0v) is 13.8. The number of pyridine rings is 1. The van der Waals surface area contributed by atoms with E-state index in [1.54, 1.807) is 29.8 Å². The van der Waals surface area contributed by atoms with E-state index in [9.17, 15) is 22.8 Å². The Hall–Kier alpha value is -2.94. The van der Waals surface area contributed by atoms with Gasteiger partial charge in [0.2, 0.25) is 0 Å². The summed E-state index contributed by atoms with van der Waals surface area (Å²) in [5.74, 6) is -2.10. The molecule has 26 heavy (non-hydrogen) atoms. The van der Waals surface area contributed by atoms with Gasteiger partial charge in [-0.25, -0.2) is 5.10 Å². The second-order valence-corrected chi connectivity index (χ2v) is 5.24. The van der Waals surface area contributed by atoms with E-state index in [0.29, 0.717) is 17.5 Å². The molecule has 3 aromatic rings. The summed E-state index contributed by atoms with van der Waals surface area (Å²) in [5.41, 5.74) is 0.776. The van der Waals surface area contributed by atoms with Crippen molar-refractivity contribution >= 4 is 34.8 Å². The number of aromatic amines is 1. The fourth-order valence-electron chi connectivity index (χ4n) is 2.33. The van der Waals surface area contributed by atoms with E-state index >= 15 is 0 Å². The van der Waals surface area contributed by atoms with Gasteiger partial charge in [-0.15, -0.1) is 12.4 Å². The van der Waals surface area contributed by atoms with Crippen molar-refractivity contribution in [2.45, 2.75) is 12.6 Å². The third-order valence-electron chi connectivity index (χ3n) is 3.50. The van der Waals surface area contributed by atoms with Crippen LogP contribution in [0.15, 0.2) is 47.5 Å². The molecule has 0 aliphatic carbocycles. The lowest BCUT2D eigenvalue weighted by molar-refractivity contribution is -0.167. The van der Waals surface area contributed by atoms with Gasteiger partial charge in [-0.1, -0.05) is 6.07 Å². The number of anilines is 1. The molecule has 3 rings (SSSR count).